The number of aliphatic carboxylic acids is 2. The number of hydrogen-bond donors (Lipinski definition) is 4. The van der Waals surface area contributed by atoms with Crippen molar-refractivity contribution >= 4 is 34.9 Å². The zero-order valence-corrected chi connectivity index (χ0v) is 25.8. The molecule has 1 saturated carbocycles. The molecule has 0 amide bonds. The Morgan fingerprint density at radius 2 is 1.84 bits per heavy atom. The molecule has 3 aromatic heterocycles. The first-order valence-corrected chi connectivity index (χ1v) is 15.5. The Bertz CT molecular complexity index is 1520. The number of ether oxygens (including phenoxy) is 2. The van der Waals surface area contributed by atoms with E-state index >= 15 is 0 Å². The molecule has 3 aromatic rings. The highest BCUT2D eigenvalue weighted by Crippen LogP contribution is 2.52. The van der Waals surface area contributed by atoms with Gasteiger partial charge in [0.05, 0.1) is 22.7 Å². The van der Waals surface area contributed by atoms with Crippen LogP contribution in [0.25, 0.3) is 5.82 Å². The number of carboxylic acid groups (broad SMARTS) is 2. The summed E-state index contributed by atoms with van der Waals surface area (Å²) in [6, 6.07) is 5.37. The van der Waals surface area contributed by atoms with Gasteiger partial charge in [-0.3, -0.25) is 4.90 Å². The van der Waals surface area contributed by atoms with Gasteiger partial charge in [-0.15, -0.1) is 11.3 Å². The third kappa shape index (κ3) is 7.51. The molecular weight excluding hydrogens is 638 g/mol. The second kappa shape index (κ2) is 13.4. The van der Waals surface area contributed by atoms with Crippen LogP contribution in [-0.2, 0) is 43.7 Å². The molecule has 0 aromatic carbocycles. The molecule has 2 aliphatic heterocycles. The summed E-state index contributed by atoms with van der Waals surface area (Å²) < 4.78 is 42.8. The zero-order valence-electron chi connectivity index (χ0n) is 24.2. The number of aliphatic hydroxyl groups is 2. The predicted molar refractivity (Wildman–Crippen MR) is 157 cm³/mol. The lowest BCUT2D eigenvalue weighted by Gasteiger charge is -2.45. The summed E-state index contributed by atoms with van der Waals surface area (Å²) in [6.07, 6.45) is 3.23. The van der Waals surface area contributed by atoms with Crippen molar-refractivity contribution in [3.63, 3.8) is 0 Å². The monoisotopic (exact) mass is 670 g/mol. The second-order valence-corrected chi connectivity index (χ2v) is 13.0. The molecule has 5 heterocycles. The van der Waals surface area contributed by atoms with Crippen LogP contribution < -0.4 is 0 Å². The number of halogens is 3. The lowest BCUT2D eigenvalue weighted by molar-refractivity contribution is -0.182. The molecule has 2 atom stereocenters. The number of alkyl halides is 2. The molecule has 1 aliphatic carbocycles. The summed E-state index contributed by atoms with van der Waals surface area (Å²) in [7, 11) is 0. The number of aryl methyl sites for hydroxylation is 1. The van der Waals surface area contributed by atoms with Crippen molar-refractivity contribution < 1.29 is 48.3 Å². The third-order valence-corrected chi connectivity index (χ3v) is 9.44. The van der Waals surface area contributed by atoms with Crippen LogP contribution in [0.1, 0.15) is 52.9 Å². The molecule has 244 valence electrons. The summed E-state index contributed by atoms with van der Waals surface area (Å²) in [6.45, 7) is 4.17. The van der Waals surface area contributed by atoms with Gasteiger partial charge in [-0.2, -0.15) is 13.9 Å². The third-order valence-electron chi connectivity index (χ3n) is 7.99. The van der Waals surface area contributed by atoms with Crippen LogP contribution in [0.15, 0.2) is 30.6 Å². The van der Waals surface area contributed by atoms with E-state index in [9.17, 15) is 18.4 Å². The minimum absolute atomic E-state index is 0.0427. The molecule has 45 heavy (non-hydrogen) atoms. The van der Waals surface area contributed by atoms with Gasteiger partial charge in [0.25, 0.3) is 5.92 Å². The van der Waals surface area contributed by atoms with Crippen molar-refractivity contribution in [3.8, 4) is 5.82 Å². The highest BCUT2D eigenvalue weighted by Gasteiger charge is 2.51. The average Bonchev–Trinajstić information content (AvgIpc) is 3.64. The maximum Gasteiger partial charge on any atom is 0.335 e. The Labute approximate surface area is 265 Å². The van der Waals surface area contributed by atoms with Gasteiger partial charge in [0.2, 0.25) is 0 Å². The van der Waals surface area contributed by atoms with E-state index in [0.717, 1.165) is 55.1 Å². The van der Waals surface area contributed by atoms with E-state index < -0.39 is 42.3 Å². The number of nitrogens with zero attached hydrogens (tertiary/aromatic N) is 4. The summed E-state index contributed by atoms with van der Waals surface area (Å²) in [5, 5.41) is 37.3. The van der Waals surface area contributed by atoms with Crippen molar-refractivity contribution in [3.05, 3.63) is 62.2 Å². The Morgan fingerprint density at radius 3 is 2.47 bits per heavy atom. The topological polar surface area (TPSA) is 167 Å². The summed E-state index contributed by atoms with van der Waals surface area (Å²) in [4.78, 5) is 27.0. The number of carbonyl (C=O) groups is 2. The number of likely N-dealkylation sites (tertiary alicyclic amines) is 1. The van der Waals surface area contributed by atoms with E-state index in [1.54, 1.807) is 6.20 Å². The van der Waals surface area contributed by atoms with Gasteiger partial charge >= 0.3 is 11.9 Å². The maximum atomic E-state index is 14.4. The number of piperidine rings is 1. The zero-order chi connectivity index (χ0) is 32.5. The number of hydrogen-bond acceptors (Lipinski definition) is 10. The molecule has 12 nitrogen and oxygen atoms in total. The summed E-state index contributed by atoms with van der Waals surface area (Å²) >= 11 is 7.36. The summed E-state index contributed by atoms with van der Waals surface area (Å²) in [5.41, 5.74) is 2.46. The van der Waals surface area contributed by atoms with E-state index in [0.29, 0.717) is 34.8 Å². The lowest BCUT2D eigenvalue weighted by Crippen LogP contribution is -2.48. The first-order chi connectivity index (χ1) is 21.3. The molecule has 0 unspecified atom stereocenters. The Balaban J connectivity index is 0.000000348. The van der Waals surface area contributed by atoms with Crippen LogP contribution in [0.5, 0.6) is 0 Å². The van der Waals surface area contributed by atoms with Crippen molar-refractivity contribution in [2.75, 3.05) is 19.7 Å². The van der Waals surface area contributed by atoms with Crippen molar-refractivity contribution in [2.24, 2.45) is 0 Å². The molecule has 3 aliphatic rings. The van der Waals surface area contributed by atoms with Crippen molar-refractivity contribution in [2.45, 2.75) is 75.6 Å². The van der Waals surface area contributed by atoms with Gasteiger partial charge in [0.1, 0.15) is 12.2 Å². The van der Waals surface area contributed by atoms with Crippen LogP contribution in [0.3, 0.4) is 0 Å². The molecule has 1 saturated heterocycles. The fourth-order valence-electron chi connectivity index (χ4n) is 5.25. The Hall–Kier alpha value is -3.05. The first kappa shape index (κ1) is 33.3. The Morgan fingerprint density at radius 1 is 1.18 bits per heavy atom. The Kier molecular flexibility index (Phi) is 9.89. The molecule has 1 spiro atoms. The molecule has 2 fully saturated rings. The van der Waals surface area contributed by atoms with Gasteiger partial charge in [-0.25, -0.2) is 19.3 Å². The van der Waals surface area contributed by atoms with E-state index in [-0.39, 0.29) is 5.56 Å². The van der Waals surface area contributed by atoms with Crippen LogP contribution in [0.4, 0.5) is 8.78 Å². The fourth-order valence-corrected chi connectivity index (χ4v) is 6.73. The van der Waals surface area contributed by atoms with Crippen LogP contribution in [0.2, 0.25) is 4.34 Å². The molecule has 0 bridgehead atoms. The average molecular weight is 671 g/mol. The quantitative estimate of drug-likeness (QED) is 0.263. The van der Waals surface area contributed by atoms with Gasteiger partial charge in [-0.1, -0.05) is 17.7 Å². The van der Waals surface area contributed by atoms with Crippen molar-refractivity contribution in [1.82, 2.24) is 19.7 Å². The van der Waals surface area contributed by atoms with Crippen LogP contribution in [-0.4, -0.2) is 90.0 Å². The molecule has 4 N–H and O–H groups in total. The second-order valence-electron chi connectivity index (χ2n) is 11.3. The van der Waals surface area contributed by atoms with Gasteiger partial charge in [0, 0.05) is 53.6 Å². The van der Waals surface area contributed by atoms with Gasteiger partial charge in [0.15, 0.2) is 18.0 Å². The minimum Gasteiger partial charge on any atom is -0.479 e. The van der Waals surface area contributed by atoms with Gasteiger partial charge < -0.3 is 29.9 Å². The van der Waals surface area contributed by atoms with Crippen LogP contribution in [0, 0.1) is 6.92 Å². The molecule has 16 heteroatoms. The van der Waals surface area contributed by atoms with Gasteiger partial charge in [-0.05, 0) is 44.7 Å². The highest BCUT2D eigenvalue weighted by atomic mass is 35.5. The molecule has 6 rings (SSSR count). The minimum atomic E-state index is -2.99. The number of pyridine rings is 1. The number of carboxylic acids is 2. The number of fused-ring (bicyclic) bond motifs is 2. The van der Waals surface area contributed by atoms with E-state index in [4.69, 9.17) is 46.6 Å². The number of rotatable bonds is 9. The standard InChI is InChI=1S/C25H27ClF2N4O2S.C4H6O6/c1-16-18(13-32(30-16)23-17(3-2-8-29-23)14-33-19-4-5-19)12-31-9-6-24(7-10-31)22-20(11-21(26)35-22)25(27,28)15-34-24;5-1(3(7)8)2(6)4(9)10/h2-3,8,11,13,19H,4-7,9-10,12,14-15H2,1H3;1-2,5-6H,(H,7,8)(H,9,10)/t;1-,2-/m.1/s1. The smallest absolute Gasteiger partial charge is 0.335 e. The van der Waals surface area contributed by atoms with E-state index in [2.05, 4.69) is 9.88 Å². The maximum absolute atomic E-state index is 14.4. The first-order valence-electron chi connectivity index (χ1n) is 14.3. The number of aliphatic hydroxyl groups excluding tert-OH is 2. The normalized spacial score (nSPS) is 20.1. The van der Waals surface area contributed by atoms with Crippen LogP contribution >= 0.6 is 22.9 Å². The predicted octanol–water partition coefficient (Wildman–Crippen LogP) is 3.46. The molecule has 0 radical (unpaired) electrons. The number of thiophene rings is 1. The summed E-state index contributed by atoms with van der Waals surface area (Å²) in [5.74, 6) is -5.73. The fraction of sp³-hybridized carbons (Fsp3) is 0.517. The lowest BCUT2D eigenvalue weighted by atomic mass is 9.84. The SMILES string of the molecule is Cc1nn(-c2ncccc2COC2CC2)cc1CN1CCC2(CC1)OCC(F)(F)c1cc(Cl)sc12.O=C(O)[C@H](O)[C@@H](O)C(=O)O. The number of aromatic nitrogens is 3. The molecular formula is C29H33ClF2N4O8S. The largest absolute Gasteiger partial charge is 0.479 e. The van der Waals surface area contributed by atoms with Crippen molar-refractivity contribution in [1.29, 1.82) is 0 Å². The van der Waals surface area contributed by atoms with E-state index in [1.807, 2.05) is 29.9 Å². The van der Waals surface area contributed by atoms with E-state index in [1.165, 1.54) is 17.4 Å². The highest BCUT2D eigenvalue weighted by molar-refractivity contribution is 7.16.